The number of nitrogens with one attached hydrogen (secondary N) is 1. The minimum Gasteiger partial charge on any atom is -0.368 e. The Bertz CT molecular complexity index is 556. The van der Waals surface area contributed by atoms with Gasteiger partial charge in [0.25, 0.3) is 0 Å². The van der Waals surface area contributed by atoms with Gasteiger partial charge in [0.2, 0.25) is 0 Å². The number of ether oxygens (including phenoxy) is 1. The van der Waals surface area contributed by atoms with E-state index in [4.69, 9.17) is 4.74 Å². The molecule has 1 N–H and O–H groups in total. The van der Waals surface area contributed by atoms with Crippen LogP contribution in [0.1, 0.15) is 37.0 Å². The van der Waals surface area contributed by atoms with Gasteiger partial charge in [0.1, 0.15) is 0 Å². The molecular weight excluding hydrogens is 281 g/mol. The van der Waals surface area contributed by atoms with E-state index in [0.29, 0.717) is 18.2 Å². The Morgan fingerprint density at radius 2 is 2.14 bits per heavy atom. The highest BCUT2D eigenvalue weighted by Gasteiger charge is 2.33. The van der Waals surface area contributed by atoms with Crippen molar-refractivity contribution in [1.82, 2.24) is 5.32 Å². The van der Waals surface area contributed by atoms with Gasteiger partial charge >= 0.3 is 6.18 Å². The van der Waals surface area contributed by atoms with Crippen LogP contribution < -0.4 is 5.32 Å². The van der Waals surface area contributed by atoms with E-state index < -0.39 is 11.7 Å². The van der Waals surface area contributed by atoms with E-state index in [2.05, 4.69) is 17.2 Å². The molecule has 2 heterocycles. The SMILES string of the molecule is C[C@@H]1CC(OC2CC=Nc3cc(C(F)(F)F)ccc32)CN1. The molecule has 0 aliphatic carbocycles. The summed E-state index contributed by atoms with van der Waals surface area (Å²) < 4.78 is 44.2. The summed E-state index contributed by atoms with van der Waals surface area (Å²) in [5, 5.41) is 3.30. The highest BCUT2D eigenvalue weighted by atomic mass is 19.4. The van der Waals surface area contributed by atoms with Gasteiger partial charge in [0.05, 0.1) is 23.5 Å². The average molecular weight is 298 g/mol. The summed E-state index contributed by atoms with van der Waals surface area (Å²) in [6.45, 7) is 2.88. The molecule has 3 rings (SSSR count). The molecule has 1 aromatic rings. The highest BCUT2D eigenvalue weighted by molar-refractivity contribution is 5.70. The molecule has 0 bridgehead atoms. The van der Waals surface area contributed by atoms with Gasteiger partial charge in [-0.3, -0.25) is 4.99 Å². The lowest BCUT2D eigenvalue weighted by Crippen LogP contribution is -2.21. The molecule has 0 amide bonds. The van der Waals surface area contributed by atoms with Crippen LogP contribution in [0.15, 0.2) is 23.2 Å². The predicted molar refractivity (Wildman–Crippen MR) is 73.9 cm³/mol. The van der Waals surface area contributed by atoms with E-state index in [1.807, 2.05) is 0 Å². The minimum absolute atomic E-state index is 0.103. The lowest BCUT2D eigenvalue weighted by Gasteiger charge is -2.25. The van der Waals surface area contributed by atoms with Crippen LogP contribution in [0.2, 0.25) is 0 Å². The zero-order chi connectivity index (χ0) is 15.0. The van der Waals surface area contributed by atoms with Gasteiger partial charge in [-0.25, -0.2) is 0 Å². The summed E-state index contributed by atoms with van der Waals surface area (Å²) in [7, 11) is 0. The second kappa shape index (κ2) is 5.42. The fourth-order valence-corrected chi connectivity index (χ4v) is 2.84. The lowest BCUT2D eigenvalue weighted by atomic mass is 9.99. The van der Waals surface area contributed by atoms with Gasteiger partial charge in [0, 0.05) is 30.8 Å². The molecule has 2 aliphatic rings. The number of rotatable bonds is 2. The van der Waals surface area contributed by atoms with E-state index in [1.54, 1.807) is 6.21 Å². The topological polar surface area (TPSA) is 33.6 Å². The number of nitrogens with zero attached hydrogens (tertiary/aromatic N) is 1. The van der Waals surface area contributed by atoms with Crippen LogP contribution in [0.3, 0.4) is 0 Å². The first-order valence-electron chi connectivity index (χ1n) is 7.06. The molecule has 114 valence electrons. The number of hydrogen-bond acceptors (Lipinski definition) is 3. The molecule has 1 aromatic carbocycles. The monoisotopic (exact) mass is 298 g/mol. The third-order valence-electron chi connectivity index (χ3n) is 3.92. The molecule has 21 heavy (non-hydrogen) atoms. The fourth-order valence-electron chi connectivity index (χ4n) is 2.84. The molecule has 3 nitrogen and oxygen atoms in total. The van der Waals surface area contributed by atoms with E-state index in [1.165, 1.54) is 6.07 Å². The lowest BCUT2D eigenvalue weighted by molar-refractivity contribution is -0.137. The number of aliphatic imine (C=N–C) groups is 1. The van der Waals surface area contributed by atoms with Crippen molar-refractivity contribution >= 4 is 11.9 Å². The van der Waals surface area contributed by atoms with Crippen molar-refractivity contribution in [2.45, 2.75) is 44.2 Å². The van der Waals surface area contributed by atoms with E-state index in [-0.39, 0.29) is 12.2 Å². The van der Waals surface area contributed by atoms with Gasteiger partial charge in [-0.1, -0.05) is 6.07 Å². The van der Waals surface area contributed by atoms with Crippen LogP contribution in [-0.2, 0) is 10.9 Å². The maximum Gasteiger partial charge on any atom is 0.416 e. The normalized spacial score (nSPS) is 28.7. The smallest absolute Gasteiger partial charge is 0.368 e. The molecule has 1 fully saturated rings. The summed E-state index contributed by atoms with van der Waals surface area (Å²) in [5.41, 5.74) is 0.431. The summed E-state index contributed by atoms with van der Waals surface area (Å²) in [6, 6.07) is 4.10. The molecule has 0 saturated carbocycles. The van der Waals surface area contributed by atoms with Crippen LogP contribution >= 0.6 is 0 Å². The van der Waals surface area contributed by atoms with E-state index in [9.17, 15) is 13.2 Å². The van der Waals surface area contributed by atoms with Crippen molar-refractivity contribution in [1.29, 1.82) is 0 Å². The van der Waals surface area contributed by atoms with Crippen LogP contribution in [0.5, 0.6) is 0 Å². The molecule has 0 radical (unpaired) electrons. The summed E-state index contributed by atoms with van der Waals surface area (Å²) in [4.78, 5) is 4.09. The van der Waals surface area contributed by atoms with E-state index >= 15 is 0 Å². The number of alkyl halides is 3. The Morgan fingerprint density at radius 1 is 1.33 bits per heavy atom. The average Bonchev–Trinajstić information content (AvgIpc) is 2.83. The van der Waals surface area contributed by atoms with Crippen molar-refractivity contribution < 1.29 is 17.9 Å². The number of fused-ring (bicyclic) bond motifs is 1. The molecular formula is C15H17F3N2O. The van der Waals surface area contributed by atoms with Crippen molar-refractivity contribution in [2.24, 2.45) is 4.99 Å². The Hall–Kier alpha value is -1.40. The van der Waals surface area contributed by atoms with Gasteiger partial charge < -0.3 is 10.1 Å². The third kappa shape index (κ3) is 3.11. The van der Waals surface area contributed by atoms with Gasteiger partial charge in [-0.05, 0) is 25.5 Å². The van der Waals surface area contributed by atoms with Crippen LogP contribution in [-0.4, -0.2) is 24.9 Å². The van der Waals surface area contributed by atoms with E-state index in [0.717, 1.165) is 30.7 Å². The maximum atomic E-state index is 12.7. The maximum absolute atomic E-state index is 12.7. The standard InChI is InChI=1S/C15H17F3N2O/c1-9-6-11(8-20-9)21-14-4-5-19-13-7-10(15(16,17)18)2-3-12(13)14/h2-3,5,7,9,11,14,20H,4,6,8H2,1H3/t9-,11?,14?/m1/s1. The largest absolute Gasteiger partial charge is 0.416 e. The number of halogens is 3. The van der Waals surface area contributed by atoms with Crippen LogP contribution in [0.25, 0.3) is 0 Å². The van der Waals surface area contributed by atoms with Crippen molar-refractivity contribution in [3.05, 3.63) is 29.3 Å². The zero-order valence-electron chi connectivity index (χ0n) is 11.7. The first-order chi connectivity index (χ1) is 9.93. The summed E-state index contributed by atoms with van der Waals surface area (Å²) in [6.07, 6.45) is -1.29. The van der Waals surface area contributed by atoms with Crippen molar-refractivity contribution in [2.75, 3.05) is 6.54 Å². The molecule has 3 atom stereocenters. The van der Waals surface area contributed by atoms with Gasteiger partial charge in [-0.2, -0.15) is 13.2 Å². The van der Waals surface area contributed by atoms with Gasteiger partial charge in [0.15, 0.2) is 0 Å². The van der Waals surface area contributed by atoms with Crippen LogP contribution in [0, 0.1) is 0 Å². The zero-order valence-corrected chi connectivity index (χ0v) is 11.7. The molecule has 2 unspecified atom stereocenters. The quantitative estimate of drug-likeness (QED) is 0.904. The second-order valence-corrected chi connectivity index (χ2v) is 5.61. The first kappa shape index (κ1) is 14.5. The number of hydrogen-bond donors (Lipinski definition) is 1. The van der Waals surface area contributed by atoms with Crippen molar-refractivity contribution in [3.8, 4) is 0 Å². The summed E-state index contributed by atoms with van der Waals surface area (Å²) in [5.74, 6) is 0. The molecule has 6 heteroatoms. The Morgan fingerprint density at radius 3 is 2.81 bits per heavy atom. The highest BCUT2D eigenvalue weighted by Crippen LogP contribution is 2.39. The summed E-state index contributed by atoms with van der Waals surface area (Å²) >= 11 is 0. The molecule has 1 saturated heterocycles. The minimum atomic E-state index is -4.34. The Balaban J connectivity index is 1.80. The third-order valence-corrected chi connectivity index (χ3v) is 3.92. The fraction of sp³-hybridized carbons (Fsp3) is 0.533. The Kier molecular flexibility index (Phi) is 3.75. The number of benzene rings is 1. The Labute approximate surface area is 121 Å². The first-order valence-corrected chi connectivity index (χ1v) is 7.06. The van der Waals surface area contributed by atoms with Crippen molar-refractivity contribution in [3.63, 3.8) is 0 Å². The second-order valence-electron chi connectivity index (χ2n) is 5.61. The predicted octanol–water partition coefficient (Wildman–Crippen LogP) is 3.62. The molecule has 2 aliphatic heterocycles. The molecule has 0 spiro atoms. The van der Waals surface area contributed by atoms with Gasteiger partial charge in [-0.15, -0.1) is 0 Å². The molecule has 0 aromatic heterocycles. The van der Waals surface area contributed by atoms with Crippen LogP contribution in [0.4, 0.5) is 18.9 Å².